The Kier molecular flexibility index (Phi) is 12.5. The molecule has 0 spiro atoms. The number of benzene rings is 1. The van der Waals surface area contributed by atoms with E-state index in [9.17, 15) is 4.79 Å². The van der Waals surface area contributed by atoms with Gasteiger partial charge in [0.25, 0.3) is 0 Å². The highest BCUT2D eigenvalue weighted by atomic mass is 127. The van der Waals surface area contributed by atoms with Gasteiger partial charge in [-0.05, 0) is 54.2 Å². The molecule has 1 heterocycles. The standard InChI is InChI=1S/C20H31BrN4O2.HI/c1-3-22-20(23-13-8-4-5-11-19(26)27-2)24-16-12-14-25(15-16)18-10-7-6-9-17(18)21;/h6-7,9-10,16H,3-5,8,11-15H2,1-2H3,(H2,22,23,24);1H. The Morgan fingerprint density at radius 3 is 2.82 bits per heavy atom. The molecule has 0 aliphatic carbocycles. The number of nitrogens with one attached hydrogen (secondary N) is 2. The van der Waals surface area contributed by atoms with Crippen LogP contribution in [0.3, 0.4) is 0 Å². The predicted molar refractivity (Wildman–Crippen MR) is 130 cm³/mol. The van der Waals surface area contributed by atoms with Crippen LogP contribution in [0, 0.1) is 0 Å². The number of anilines is 1. The third-order valence-electron chi connectivity index (χ3n) is 4.60. The number of para-hydroxylation sites is 1. The highest BCUT2D eigenvalue weighted by Gasteiger charge is 2.24. The average Bonchev–Trinajstić information content (AvgIpc) is 3.13. The highest BCUT2D eigenvalue weighted by Crippen LogP contribution is 2.28. The van der Waals surface area contributed by atoms with Crippen molar-refractivity contribution in [1.29, 1.82) is 0 Å². The quantitative estimate of drug-likeness (QED) is 0.156. The lowest BCUT2D eigenvalue weighted by Crippen LogP contribution is -2.44. The SMILES string of the molecule is CCNC(=NCCCCCC(=O)OC)NC1CCN(c2ccccc2Br)C1.I. The molecule has 1 aromatic carbocycles. The van der Waals surface area contributed by atoms with Crippen molar-refractivity contribution < 1.29 is 9.53 Å². The number of carbonyl (C=O) groups is 1. The van der Waals surface area contributed by atoms with E-state index in [2.05, 4.69) is 66.3 Å². The largest absolute Gasteiger partial charge is 0.469 e. The fraction of sp³-hybridized carbons (Fsp3) is 0.600. The van der Waals surface area contributed by atoms with E-state index in [0.717, 1.165) is 62.3 Å². The Hall–Kier alpha value is -1.03. The summed E-state index contributed by atoms with van der Waals surface area (Å²) in [4.78, 5) is 18.2. The fourth-order valence-corrected chi connectivity index (χ4v) is 3.70. The van der Waals surface area contributed by atoms with E-state index in [-0.39, 0.29) is 29.9 Å². The van der Waals surface area contributed by atoms with Crippen LogP contribution in [-0.4, -0.2) is 51.3 Å². The molecule has 1 unspecified atom stereocenters. The number of aliphatic imine (C=N–C) groups is 1. The van der Waals surface area contributed by atoms with Crippen LogP contribution in [0.15, 0.2) is 33.7 Å². The molecule has 1 saturated heterocycles. The first-order chi connectivity index (χ1) is 13.1. The van der Waals surface area contributed by atoms with Crippen LogP contribution in [0.2, 0.25) is 0 Å². The van der Waals surface area contributed by atoms with Gasteiger partial charge in [-0.2, -0.15) is 0 Å². The third-order valence-corrected chi connectivity index (χ3v) is 5.27. The molecule has 8 heteroatoms. The zero-order chi connectivity index (χ0) is 19.5. The van der Waals surface area contributed by atoms with Gasteiger partial charge in [-0.25, -0.2) is 0 Å². The van der Waals surface area contributed by atoms with Gasteiger partial charge >= 0.3 is 5.97 Å². The molecular weight excluding hydrogens is 535 g/mol. The molecule has 1 aliphatic heterocycles. The molecule has 28 heavy (non-hydrogen) atoms. The lowest BCUT2D eigenvalue weighted by molar-refractivity contribution is -0.140. The minimum Gasteiger partial charge on any atom is -0.469 e. The molecule has 2 N–H and O–H groups in total. The maximum Gasteiger partial charge on any atom is 0.305 e. The molecule has 0 aromatic heterocycles. The normalized spacial score (nSPS) is 16.5. The topological polar surface area (TPSA) is 66.0 Å². The first-order valence-corrected chi connectivity index (χ1v) is 10.5. The van der Waals surface area contributed by atoms with Crippen LogP contribution >= 0.6 is 39.9 Å². The van der Waals surface area contributed by atoms with E-state index in [1.807, 2.05) is 6.07 Å². The number of nitrogens with zero attached hydrogens (tertiary/aromatic N) is 2. The summed E-state index contributed by atoms with van der Waals surface area (Å²) in [5.41, 5.74) is 1.24. The van der Waals surface area contributed by atoms with Crippen molar-refractivity contribution in [3.05, 3.63) is 28.7 Å². The summed E-state index contributed by atoms with van der Waals surface area (Å²) in [5.74, 6) is 0.744. The van der Waals surface area contributed by atoms with Crippen molar-refractivity contribution in [3.63, 3.8) is 0 Å². The first kappa shape index (κ1) is 25.0. The monoisotopic (exact) mass is 566 g/mol. The van der Waals surface area contributed by atoms with Gasteiger partial charge in [0.2, 0.25) is 0 Å². The van der Waals surface area contributed by atoms with E-state index < -0.39 is 0 Å². The van der Waals surface area contributed by atoms with Gasteiger partial charge in [0.15, 0.2) is 5.96 Å². The Bertz CT molecular complexity index is 630. The second-order valence-electron chi connectivity index (χ2n) is 6.67. The third kappa shape index (κ3) is 8.55. The van der Waals surface area contributed by atoms with Gasteiger partial charge in [0.05, 0.1) is 12.8 Å². The Morgan fingerprint density at radius 1 is 1.32 bits per heavy atom. The summed E-state index contributed by atoms with van der Waals surface area (Å²) in [6, 6.07) is 8.74. The molecule has 1 aromatic rings. The number of hydrogen-bond acceptors (Lipinski definition) is 4. The molecule has 6 nitrogen and oxygen atoms in total. The summed E-state index contributed by atoms with van der Waals surface area (Å²) in [6.07, 6.45) is 4.39. The van der Waals surface area contributed by atoms with Crippen molar-refractivity contribution in [2.45, 2.75) is 45.1 Å². The van der Waals surface area contributed by atoms with Gasteiger partial charge in [0, 0.05) is 43.1 Å². The number of unbranched alkanes of at least 4 members (excludes halogenated alkanes) is 2. The van der Waals surface area contributed by atoms with Crippen molar-refractivity contribution in [1.82, 2.24) is 10.6 Å². The van der Waals surface area contributed by atoms with Crippen molar-refractivity contribution >= 4 is 57.5 Å². The van der Waals surface area contributed by atoms with Gasteiger partial charge in [0.1, 0.15) is 0 Å². The van der Waals surface area contributed by atoms with E-state index in [4.69, 9.17) is 0 Å². The molecule has 0 saturated carbocycles. The van der Waals surface area contributed by atoms with Crippen LogP contribution in [0.1, 0.15) is 39.0 Å². The summed E-state index contributed by atoms with van der Waals surface area (Å²) in [7, 11) is 1.43. The number of hydrogen-bond donors (Lipinski definition) is 2. The van der Waals surface area contributed by atoms with Crippen LogP contribution in [0.5, 0.6) is 0 Å². The molecule has 0 bridgehead atoms. The van der Waals surface area contributed by atoms with Crippen molar-refractivity contribution in [2.24, 2.45) is 4.99 Å². The maximum atomic E-state index is 11.1. The van der Waals surface area contributed by atoms with Gasteiger partial charge < -0.3 is 20.3 Å². The van der Waals surface area contributed by atoms with Crippen LogP contribution in [-0.2, 0) is 9.53 Å². The Labute approximate surface area is 194 Å². The van der Waals surface area contributed by atoms with Crippen LogP contribution < -0.4 is 15.5 Å². The van der Waals surface area contributed by atoms with Gasteiger partial charge in [-0.1, -0.05) is 18.6 Å². The maximum absolute atomic E-state index is 11.1. The number of carbonyl (C=O) groups excluding carboxylic acids is 1. The smallest absolute Gasteiger partial charge is 0.305 e. The number of ether oxygens (including phenoxy) is 1. The van der Waals surface area contributed by atoms with E-state index >= 15 is 0 Å². The fourth-order valence-electron chi connectivity index (χ4n) is 3.17. The number of esters is 1. The lowest BCUT2D eigenvalue weighted by Gasteiger charge is -2.21. The van der Waals surface area contributed by atoms with Crippen molar-refractivity contribution in [3.8, 4) is 0 Å². The second kappa shape index (κ2) is 14.0. The zero-order valence-corrected chi connectivity index (χ0v) is 20.7. The molecule has 1 atom stereocenters. The van der Waals surface area contributed by atoms with E-state index in [0.29, 0.717) is 12.5 Å². The Balaban J connectivity index is 0.00000392. The van der Waals surface area contributed by atoms with Gasteiger partial charge in [-0.15, -0.1) is 24.0 Å². The Morgan fingerprint density at radius 2 is 2.11 bits per heavy atom. The average molecular weight is 567 g/mol. The number of methoxy groups -OCH3 is 1. The zero-order valence-electron chi connectivity index (χ0n) is 16.7. The van der Waals surface area contributed by atoms with Gasteiger partial charge in [-0.3, -0.25) is 9.79 Å². The summed E-state index contributed by atoms with van der Waals surface area (Å²) < 4.78 is 5.79. The van der Waals surface area contributed by atoms with E-state index in [1.54, 1.807) is 0 Å². The molecule has 158 valence electrons. The number of rotatable bonds is 9. The minimum absolute atomic E-state index is 0. The van der Waals surface area contributed by atoms with Crippen LogP contribution in [0.25, 0.3) is 0 Å². The molecule has 1 fully saturated rings. The number of guanidine groups is 1. The second-order valence-corrected chi connectivity index (χ2v) is 7.53. The highest BCUT2D eigenvalue weighted by molar-refractivity contribution is 14.0. The molecular formula is C20H32BrIN4O2. The molecule has 0 radical (unpaired) electrons. The summed E-state index contributed by atoms with van der Waals surface area (Å²) >= 11 is 3.64. The predicted octanol–water partition coefficient (Wildman–Crippen LogP) is 3.93. The summed E-state index contributed by atoms with van der Waals surface area (Å²) in [5, 5.41) is 6.89. The molecule has 1 aliphatic rings. The minimum atomic E-state index is -0.135. The number of halogens is 2. The van der Waals surface area contributed by atoms with E-state index in [1.165, 1.54) is 12.8 Å². The van der Waals surface area contributed by atoms with Crippen molar-refractivity contribution in [2.75, 3.05) is 38.2 Å². The first-order valence-electron chi connectivity index (χ1n) is 9.75. The molecule has 0 amide bonds. The molecule has 2 rings (SSSR count). The summed E-state index contributed by atoms with van der Waals surface area (Å²) in [6.45, 7) is 5.68. The lowest BCUT2D eigenvalue weighted by atomic mass is 10.2. The van der Waals surface area contributed by atoms with Crippen LogP contribution in [0.4, 0.5) is 5.69 Å².